The third-order valence-corrected chi connectivity index (χ3v) is 3.41. The number of nitrogens with one attached hydrogen (secondary N) is 1. The van der Waals surface area contributed by atoms with Crippen LogP contribution in [0.1, 0.15) is 31.4 Å². The first-order valence-corrected chi connectivity index (χ1v) is 6.51. The molecule has 0 radical (unpaired) electrons. The third-order valence-electron chi connectivity index (χ3n) is 3.41. The fraction of sp³-hybridized carbons (Fsp3) is 0.571. The predicted octanol–water partition coefficient (Wildman–Crippen LogP) is 3.42. The second-order valence-corrected chi connectivity index (χ2v) is 4.64. The van der Waals surface area contributed by atoms with E-state index < -0.39 is 0 Å². The summed E-state index contributed by atoms with van der Waals surface area (Å²) in [6.45, 7) is 6.49. The van der Waals surface area contributed by atoms with Crippen molar-refractivity contribution in [1.29, 1.82) is 0 Å². The quantitative estimate of drug-likeness (QED) is 0.917. The molecule has 1 aliphatic heterocycles. The van der Waals surface area contributed by atoms with E-state index in [1.54, 1.807) is 12.1 Å². The Morgan fingerprint density at radius 1 is 1.16 bits per heavy atom. The van der Waals surface area contributed by atoms with Gasteiger partial charge in [0, 0.05) is 32.2 Å². The summed E-state index contributed by atoms with van der Waals surface area (Å²) in [5.41, 5.74) is 1.25. The van der Waals surface area contributed by atoms with Crippen molar-refractivity contribution in [3.05, 3.63) is 35.6 Å². The van der Waals surface area contributed by atoms with Gasteiger partial charge in [0.05, 0.1) is 0 Å². The van der Waals surface area contributed by atoms with Gasteiger partial charge in [0.25, 0.3) is 0 Å². The maximum atomic E-state index is 13.0. The molecule has 1 heterocycles. The normalized spacial score (nSPS) is 17.2. The topological polar surface area (TPSA) is 15.3 Å². The van der Waals surface area contributed by atoms with Gasteiger partial charge in [-0.15, -0.1) is 24.8 Å². The van der Waals surface area contributed by atoms with E-state index in [1.165, 1.54) is 5.56 Å². The molecular weight excluding hydrogens is 286 g/mol. The van der Waals surface area contributed by atoms with Gasteiger partial charge in [0.1, 0.15) is 5.82 Å². The number of rotatable bonds is 4. The Hall–Kier alpha value is -0.350. The van der Waals surface area contributed by atoms with E-state index in [9.17, 15) is 4.39 Å². The summed E-state index contributed by atoms with van der Waals surface area (Å²) >= 11 is 0. The van der Waals surface area contributed by atoms with Crippen molar-refractivity contribution in [3.63, 3.8) is 0 Å². The predicted molar refractivity (Wildman–Crippen MR) is 83.0 cm³/mol. The van der Waals surface area contributed by atoms with Crippen LogP contribution in [0, 0.1) is 5.82 Å². The summed E-state index contributed by atoms with van der Waals surface area (Å²) in [5, 5.41) is 3.37. The summed E-state index contributed by atoms with van der Waals surface area (Å²) in [7, 11) is 0. The monoisotopic (exact) mass is 308 g/mol. The largest absolute Gasteiger partial charge is 0.314 e. The molecule has 2 nitrogen and oxygen atoms in total. The molecule has 0 unspecified atom stereocenters. The Morgan fingerprint density at radius 3 is 2.26 bits per heavy atom. The molecule has 0 amide bonds. The van der Waals surface area contributed by atoms with Gasteiger partial charge in [0.15, 0.2) is 0 Å². The van der Waals surface area contributed by atoms with Gasteiger partial charge < -0.3 is 5.32 Å². The average Bonchev–Trinajstić information content (AvgIpc) is 2.38. The summed E-state index contributed by atoms with van der Waals surface area (Å²) < 4.78 is 13.0. The highest BCUT2D eigenvalue weighted by Crippen LogP contribution is 2.26. The van der Waals surface area contributed by atoms with E-state index >= 15 is 0 Å². The molecule has 0 aromatic heterocycles. The van der Waals surface area contributed by atoms with Gasteiger partial charge in [-0.3, -0.25) is 4.90 Å². The van der Waals surface area contributed by atoms with E-state index in [0.29, 0.717) is 6.04 Å². The van der Waals surface area contributed by atoms with Gasteiger partial charge in [-0.25, -0.2) is 4.39 Å². The zero-order valence-electron chi connectivity index (χ0n) is 11.3. The summed E-state index contributed by atoms with van der Waals surface area (Å²) in [5.74, 6) is -0.149. The molecule has 110 valence electrons. The van der Waals surface area contributed by atoms with Crippen LogP contribution in [-0.4, -0.2) is 31.1 Å². The molecule has 1 N–H and O–H groups in total. The number of halogens is 3. The van der Waals surface area contributed by atoms with Crippen molar-refractivity contribution >= 4 is 24.8 Å². The molecule has 0 saturated carbocycles. The van der Waals surface area contributed by atoms with E-state index in [-0.39, 0.29) is 30.6 Å². The molecule has 2 rings (SSSR count). The average molecular weight is 309 g/mol. The van der Waals surface area contributed by atoms with Crippen LogP contribution in [0.5, 0.6) is 0 Å². The Balaban J connectivity index is 0.00000162. The first-order valence-electron chi connectivity index (χ1n) is 6.51. The van der Waals surface area contributed by atoms with E-state index in [0.717, 1.165) is 39.0 Å². The van der Waals surface area contributed by atoms with E-state index in [2.05, 4.69) is 17.1 Å². The summed E-state index contributed by atoms with van der Waals surface area (Å²) in [4.78, 5) is 2.51. The molecule has 5 heteroatoms. The molecule has 1 aromatic carbocycles. The first kappa shape index (κ1) is 18.7. The van der Waals surface area contributed by atoms with E-state index in [1.807, 2.05) is 12.1 Å². The van der Waals surface area contributed by atoms with E-state index in [4.69, 9.17) is 0 Å². The smallest absolute Gasteiger partial charge is 0.123 e. The van der Waals surface area contributed by atoms with Crippen LogP contribution >= 0.6 is 24.8 Å². The number of hydrogen-bond donors (Lipinski definition) is 1. The van der Waals surface area contributed by atoms with Gasteiger partial charge in [-0.1, -0.05) is 25.5 Å². The molecular formula is C14H23Cl2FN2. The van der Waals surface area contributed by atoms with Crippen LogP contribution in [-0.2, 0) is 0 Å². The molecule has 1 aliphatic rings. The lowest BCUT2D eigenvalue weighted by Gasteiger charge is -2.35. The zero-order chi connectivity index (χ0) is 12.1. The van der Waals surface area contributed by atoms with Gasteiger partial charge >= 0.3 is 0 Å². The van der Waals surface area contributed by atoms with Gasteiger partial charge in [-0.05, 0) is 24.1 Å². The highest BCUT2D eigenvalue weighted by atomic mass is 35.5. The molecule has 1 atom stereocenters. The lowest BCUT2D eigenvalue weighted by Crippen LogP contribution is -2.45. The van der Waals surface area contributed by atoms with Gasteiger partial charge in [0.2, 0.25) is 0 Å². The highest BCUT2D eigenvalue weighted by molar-refractivity contribution is 5.85. The van der Waals surface area contributed by atoms with Gasteiger partial charge in [-0.2, -0.15) is 0 Å². The number of nitrogens with zero attached hydrogens (tertiary/aromatic N) is 1. The molecule has 1 fully saturated rings. The maximum absolute atomic E-state index is 13.0. The van der Waals surface area contributed by atoms with Crippen LogP contribution in [0.3, 0.4) is 0 Å². The second-order valence-electron chi connectivity index (χ2n) is 4.64. The molecule has 0 bridgehead atoms. The van der Waals surface area contributed by atoms with Crippen molar-refractivity contribution in [1.82, 2.24) is 10.2 Å². The summed E-state index contributed by atoms with van der Waals surface area (Å²) in [6, 6.07) is 7.44. The third kappa shape index (κ3) is 5.27. The minimum absolute atomic E-state index is 0. The lowest BCUT2D eigenvalue weighted by molar-refractivity contribution is 0.164. The summed E-state index contributed by atoms with van der Waals surface area (Å²) in [6.07, 6.45) is 2.30. The van der Waals surface area contributed by atoms with Crippen molar-refractivity contribution in [3.8, 4) is 0 Å². The van der Waals surface area contributed by atoms with Crippen LogP contribution in [0.2, 0.25) is 0 Å². The minimum Gasteiger partial charge on any atom is -0.314 e. The number of piperazine rings is 1. The Bertz CT molecular complexity index is 340. The fourth-order valence-electron chi connectivity index (χ4n) is 2.51. The highest BCUT2D eigenvalue weighted by Gasteiger charge is 2.21. The van der Waals surface area contributed by atoms with Crippen molar-refractivity contribution in [2.24, 2.45) is 0 Å². The molecule has 1 aromatic rings. The minimum atomic E-state index is -0.149. The first-order chi connectivity index (χ1) is 8.31. The molecule has 1 saturated heterocycles. The lowest BCUT2D eigenvalue weighted by atomic mass is 10.00. The van der Waals surface area contributed by atoms with Crippen LogP contribution in [0.15, 0.2) is 24.3 Å². The Morgan fingerprint density at radius 2 is 1.74 bits per heavy atom. The number of hydrogen-bond acceptors (Lipinski definition) is 2. The molecule has 0 aliphatic carbocycles. The molecule has 0 spiro atoms. The fourth-order valence-corrected chi connectivity index (χ4v) is 2.51. The SMILES string of the molecule is CCC[C@H](c1ccc(F)cc1)N1CCNCC1.Cl.Cl. The van der Waals surface area contributed by atoms with Crippen molar-refractivity contribution in [2.75, 3.05) is 26.2 Å². The Kier molecular flexibility index (Phi) is 9.36. The van der Waals surface area contributed by atoms with Crippen LogP contribution in [0.4, 0.5) is 4.39 Å². The van der Waals surface area contributed by atoms with Crippen LogP contribution < -0.4 is 5.32 Å². The van der Waals surface area contributed by atoms with Crippen molar-refractivity contribution in [2.45, 2.75) is 25.8 Å². The zero-order valence-corrected chi connectivity index (χ0v) is 12.9. The van der Waals surface area contributed by atoms with Crippen LogP contribution in [0.25, 0.3) is 0 Å². The molecule has 19 heavy (non-hydrogen) atoms. The number of benzene rings is 1. The maximum Gasteiger partial charge on any atom is 0.123 e. The standard InChI is InChI=1S/C14H21FN2.2ClH/c1-2-3-14(17-10-8-16-9-11-17)12-4-6-13(15)7-5-12;;/h4-7,14,16H,2-3,8-11H2,1H3;2*1H/t14-;;/m1../s1. The second kappa shape index (κ2) is 9.54. The van der Waals surface area contributed by atoms with Crippen molar-refractivity contribution < 1.29 is 4.39 Å². The Labute approximate surface area is 127 Å².